The molecule has 1 saturated carbocycles. The van der Waals surface area contributed by atoms with Gasteiger partial charge in [0.05, 0.1) is 17.9 Å². The minimum Gasteiger partial charge on any atom is -0.497 e. The number of halogens is 1. The molecule has 1 heterocycles. The van der Waals surface area contributed by atoms with Crippen molar-refractivity contribution >= 4 is 29.3 Å². The second-order valence-electron chi connectivity index (χ2n) is 7.02. The third-order valence-electron chi connectivity index (χ3n) is 5.05. The fourth-order valence-corrected chi connectivity index (χ4v) is 4.44. The fourth-order valence-electron chi connectivity index (χ4n) is 3.38. The highest BCUT2D eigenvalue weighted by Crippen LogP contribution is 2.33. The van der Waals surface area contributed by atoms with E-state index in [0.29, 0.717) is 27.8 Å². The number of rotatable bonds is 8. The van der Waals surface area contributed by atoms with Crippen LogP contribution in [0.1, 0.15) is 19.8 Å². The summed E-state index contributed by atoms with van der Waals surface area (Å²) in [5.74, 6) is 1.85. The fraction of sp³-hybridized carbons (Fsp3) is 0.318. The van der Waals surface area contributed by atoms with E-state index in [1.165, 1.54) is 11.8 Å². The van der Waals surface area contributed by atoms with Crippen LogP contribution in [0.4, 0.5) is 0 Å². The second kappa shape index (κ2) is 9.10. The zero-order valence-electron chi connectivity index (χ0n) is 16.9. The molecule has 0 spiro atoms. The van der Waals surface area contributed by atoms with Gasteiger partial charge in [0.15, 0.2) is 11.0 Å². The van der Waals surface area contributed by atoms with Gasteiger partial charge in [0.2, 0.25) is 5.91 Å². The Kier molecular flexibility index (Phi) is 6.29. The summed E-state index contributed by atoms with van der Waals surface area (Å²) in [5, 5.41) is 10.0. The molecular weight excluding hydrogens is 420 g/mol. The number of aromatic nitrogens is 3. The Morgan fingerprint density at radius 1 is 1.20 bits per heavy atom. The second-order valence-corrected chi connectivity index (χ2v) is 8.37. The lowest BCUT2D eigenvalue weighted by molar-refractivity contribution is -0.128. The standard InChI is InChI=1S/C22H23ClN4O2S/c1-3-26(15-8-9-15)20(28)14-30-22-25-24-21(18-6-4-5-7-19(18)23)27(22)16-10-12-17(29-2)13-11-16/h4-7,10-13,15H,3,8-9,14H2,1-2H3. The molecule has 156 valence electrons. The monoisotopic (exact) mass is 442 g/mol. The highest BCUT2D eigenvalue weighted by atomic mass is 35.5. The average Bonchev–Trinajstić information content (AvgIpc) is 3.52. The molecule has 2 aromatic carbocycles. The lowest BCUT2D eigenvalue weighted by Crippen LogP contribution is -2.34. The Labute approximate surface area is 185 Å². The van der Waals surface area contributed by atoms with Crippen molar-refractivity contribution in [1.29, 1.82) is 0 Å². The van der Waals surface area contributed by atoms with Crippen LogP contribution >= 0.6 is 23.4 Å². The van der Waals surface area contributed by atoms with E-state index in [2.05, 4.69) is 10.2 Å². The van der Waals surface area contributed by atoms with Gasteiger partial charge >= 0.3 is 0 Å². The van der Waals surface area contributed by atoms with Gasteiger partial charge in [-0.15, -0.1) is 10.2 Å². The van der Waals surface area contributed by atoms with E-state index in [9.17, 15) is 4.79 Å². The van der Waals surface area contributed by atoms with Crippen molar-refractivity contribution in [1.82, 2.24) is 19.7 Å². The summed E-state index contributed by atoms with van der Waals surface area (Å²) in [4.78, 5) is 14.7. The first-order valence-electron chi connectivity index (χ1n) is 9.89. The first-order valence-corrected chi connectivity index (χ1v) is 11.3. The molecule has 0 aliphatic heterocycles. The highest BCUT2D eigenvalue weighted by molar-refractivity contribution is 7.99. The maximum atomic E-state index is 12.7. The van der Waals surface area contributed by atoms with Crippen molar-refractivity contribution in [2.75, 3.05) is 19.4 Å². The van der Waals surface area contributed by atoms with E-state index < -0.39 is 0 Å². The smallest absolute Gasteiger partial charge is 0.233 e. The van der Waals surface area contributed by atoms with Crippen LogP contribution < -0.4 is 4.74 Å². The SMILES string of the molecule is CCN(C(=O)CSc1nnc(-c2ccccc2Cl)n1-c1ccc(OC)cc1)C1CC1. The van der Waals surface area contributed by atoms with Gasteiger partial charge in [0.1, 0.15) is 5.75 Å². The summed E-state index contributed by atoms with van der Waals surface area (Å²) >= 11 is 7.83. The summed E-state index contributed by atoms with van der Waals surface area (Å²) in [7, 11) is 1.63. The van der Waals surface area contributed by atoms with Gasteiger partial charge in [-0.2, -0.15) is 0 Å². The lowest BCUT2D eigenvalue weighted by atomic mass is 10.2. The number of methoxy groups -OCH3 is 1. The minimum absolute atomic E-state index is 0.133. The molecule has 4 rings (SSSR count). The Morgan fingerprint density at radius 2 is 1.93 bits per heavy atom. The van der Waals surface area contributed by atoms with E-state index in [1.54, 1.807) is 7.11 Å². The van der Waals surface area contributed by atoms with Gasteiger partial charge in [-0.1, -0.05) is 35.5 Å². The Hall–Kier alpha value is -2.51. The Bertz CT molecular complexity index is 1030. The summed E-state index contributed by atoms with van der Waals surface area (Å²) in [6.45, 7) is 2.76. The van der Waals surface area contributed by atoms with Gasteiger partial charge in [0, 0.05) is 23.8 Å². The number of amides is 1. The van der Waals surface area contributed by atoms with Crippen LogP contribution in [0.2, 0.25) is 5.02 Å². The van der Waals surface area contributed by atoms with Gasteiger partial charge in [-0.25, -0.2) is 0 Å². The van der Waals surface area contributed by atoms with E-state index in [1.807, 2.05) is 64.9 Å². The summed E-state index contributed by atoms with van der Waals surface area (Å²) in [5.41, 5.74) is 1.66. The molecule has 0 saturated heterocycles. The topological polar surface area (TPSA) is 60.2 Å². The number of nitrogens with zero attached hydrogens (tertiary/aromatic N) is 4. The van der Waals surface area contributed by atoms with Gasteiger partial charge in [-0.3, -0.25) is 9.36 Å². The van der Waals surface area contributed by atoms with Gasteiger partial charge < -0.3 is 9.64 Å². The number of ether oxygens (including phenoxy) is 1. The molecule has 1 aliphatic rings. The molecule has 30 heavy (non-hydrogen) atoms. The maximum absolute atomic E-state index is 12.7. The molecule has 0 N–H and O–H groups in total. The van der Waals surface area contributed by atoms with E-state index in [0.717, 1.165) is 36.4 Å². The van der Waals surface area contributed by atoms with Crippen LogP contribution in [0.5, 0.6) is 5.75 Å². The molecule has 0 bridgehead atoms. The molecule has 1 fully saturated rings. The maximum Gasteiger partial charge on any atom is 0.233 e. The number of carbonyl (C=O) groups excluding carboxylic acids is 1. The van der Waals surface area contributed by atoms with Crippen LogP contribution in [0.25, 0.3) is 17.1 Å². The normalized spacial score (nSPS) is 13.3. The predicted molar refractivity (Wildman–Crippen MR) is 119 cm³/mol. The van der Waals surface area contributed by atoms with E-state index in [4.69, 9.17) is 16.3 Å². The van der Waals surface area contributed by atoms with Gasteiger partial charge in [-0.05, 0) is 56.2 Å². The zero-order chi connectivity index (χ0) is 21.1. The van der Waals surface area contributed by atoms with Crippen LogP contribution in [0, 0.1) is 0 Å². The molecule has 1 aromatic heterocycles. The lowest BCUT2D eigenvalue weighted by Gasteiger charge is -2.20. The largest absolute Gasteiger partial charge is 0.497 e. The molecule has 8 heteroatoms. The van der Waals surface area contributed by atoms with E-state index >= 15 is 0 Å². The predicted octanol–water partition coefficient (Wildman–Crippen LogP) is 4.70. The van der Waals surface area contributed by atoms with Crippen molar-refractivity contribution in [3.63, 3.8) is 0 Å². The molecule has 3 aromatic rings. The van der Waals surface area contributed by atoms with Crippen molar-refractivity contribution < 1.29 is 9.53 Å². The number of hydrogen-bond acceptors (Lipinski definition) is 5. The Balaban J connectivity index is 1.67. The third kappa shape index (κ3) is 4.32. The van der Waals surface area contributed by atoms with Crippen molar-refractivity contribution in [3.8, 4) is 22.8 Å². The van der Waals surface area contributed by atoms with E-state index in [-0.39, 0.29) is 5.91 Å². The van der Waals surface area contributed by atoms with Crippen molar-refractivity contribution in [2.24, 2.45) is 0 Å². The summed E-state index contributed by atoms with van der Waals surface area (Å²) < 4.78 is 7.22. The van der Waals surface area contributed by atoms with Gasteiger partial charge in [0.25, 0.3) is 0 Å². The molecule has 1 amide bonds. The van der Waals surface area contributed by atoms with Crippen LogP contribution in [0.15, 0.2) is 53.7 Å². The quantitative estimate of drug-likeness (QED) is 0.473. The van der Waals surface area contributed by atoms with Crippen LogP contribution in [-0.2, 0) is 4.79 Å². The van der Waals surface area contributed by atoms with Crippen LogP contribution in [-0.4, -0.2) is 51.0 Å². The average molecular weight is 443 g/mol. The molecule has 1 aliphatic carbocycles. The number of carbonyl (C=O) groups is 1. The first-order chi connectivity index (χ1) is 14.6. The zero-order valence-corrected chi connectivity index (χ0v) is 18.5. The summed E-state index contributed by atoms with van der Waals surface area (Å²) in [6, 6.07) is 15.6. The number of hydrogen-bond donors (Lipinski definition) is 0. The molecule has 0 atom stereocenters. The molecule has 0 unspecified atom stereocenters. The summed E-state index contributed by atoms with van der Waals surface area (Å²) in [6.07, 6.45) is 2.20. The minimum atomic E-state index is 0.133. The molecular formula is C22H23ClN4O2S. The van der Waals surface area contributed by atoms with Crippen molar-refractivity contribution in [2.45, 2.75) is 31.0 Å². The number of thioether (sulfide) groups is 1. The third-order valence-corrected chi connectivity index (χ3v) is 6.30. The first kappa shape index (κ1) is 20.8. The van der Waals surface area contributed by atoms with Crippen molar-refractivity contribution in [3.05, 3.63) is 53.6 Å². The van der Waals surface area contributed by atoms with Crippen LogP contribution in [0.3, 0.4) is 0 Å². The Morgan fingerprint density at radius 3 is 2.57 bits per heavy atom. The highest BCUT2D eigenvalue weighted by Gasteiger charge is 2.31. The molecule has 6 nitrogen and oxygen atoms in total. The molecule has 0 radical (unpaired) electrons. The number of benzene rings is 2.